The molecule has 2 aliphatic heterocycles. The summed E-state index contributed by atoms with van der Waals surface area (Å²) in [5.74, 6) is -1.26. The largest absolute Gasteiger partial charge is 0.497 e. The van der Waals surface area contributed by atoms with Crippen LogP contribution in [0.1, 0.15) is 41.6 Å². The summed E-state index contributed by atoms with van der Waals surface area (Å²) in [5.41, 5.74) is 1.58. The number of aryl methyl sites for hydroxylation is 1. The minimum absolute atomic E-state index is 0.0148. The van der Waals surface area contributed by atoms with E-state index in [1.165, 1.54) is 58.2 Å². The smallest absolute Gasteiger partial charge is 0.243 e. The maximum Gasteiger partial charge on any atom is 0.243 e. The normalized spacial score (nSPS) is 23.0. The van der Waals surface area contributed by atoms with Gasteiger partial charge in [0.15, 0.2) is 0 Å². The van der Waals surface area contributed by atoms with E-state index in [0.29, 0.717) is 11.3 Å². The molecule has 0 saturated carbocycles. The molecule has 0 N–H and O–H groups in total. The number of carbonyl (C=O) groups is 1. The number of hydrogen-bond acceptors (Lipinski definition) is 6. The van der Waals surface area contributed by atoms with Crippen molar-refractivity contribution >= 4 is 25.8 Å². The Morgan fingerprint density at radius 2 is 1.38 bits per heavy atom. The molecule has 0 spiro atoms. The van der Waals surface area contributed by atoms with Gasteiger partial charge >= 0.3 is 0 Å². The SMILES string of the molecule is COc1ccc([C@@H]2CC(=O)[C@@H]3CN(S(=O)(=O)c4ccc(C)cc4)[C@H](c4ccccc4F)C[C@@H]3N2S(=O)(=O)c2ccccc2)cc1. The van der Waals surface area contributed by atoms with Crippen molar-refractivity contribution in [1.82, 2.24) is 8.61 Å². The van der Waals surface area contributed by atoms with Gasteiger partial charge in [0.05, 0.1) is 29.0 Å². The van der Waals surface area contributed by atoms with Gasteiger partial charge in [0.25, 0.3) is 0 Å². The molecule has 0 aromatic heterocycles. The summed E-state index contributed by atoms with van der Waals surface area (Å²) in [4.78, 5) is 14.0. The first kappa shape index (κ1) is 31.1. The number of ether oxygens (including phenoxy) is 1. The van der Waals surface area contributed by atoms with Crippen LogP contribution < -0.4 is 4.74 Å². The molecule has 2 saturated heterocycles. The second-order valence-corrected chi connectivity index (χ2v) is 15.2. The number of sulfonamides is 2. The van der Waals surface area contributed by atoms with E-state index < -0.39 is 49.9 Å². The van der Waals surface area contributed by atoms with Crippen molar-refractivity contribution < 1.29 is 30.8 Å². The Morgan fingerprint density at radius 3 is 2.02 bits per heavy atom. The standard InChI is InChI=1S/C34H33FN2O6S2/c1-23-12-18-27(19-13-23)44(39,40)36-22-29-33(20-32(36)28-10-6-7-11-30(28)35)37(45(41,42)26-8-4-3-5-9-26)31(21-34(29)38)24-14-16-25(43-2)17-15-24/h3-19,29,31-33H,20-22H2,1-2H3/t29-,31+,32+,33+/m1/s1. The number of methoxy groups -OCH3 is 1. The summed E-state index contributed by atoms with van der Waals surface area (Å²) < 4.78 is 80.6. The van der Waals surface area contributed by atoms with E-state index in [9.17, 15) is 21.6 Å². The zero-order valence-electron chi connectivity index (χ0n) is 24.8. The highest BCUT2D eigenvalue weighted by atomic mass is 32.2. The molecule has 0 radical (unpaired) electrons. The van der Waals surface area contributed by atoms with Crippen LogP contribution in [-0.4, -0.2) is 50.9 Å². The number of rotatable bonds is 7. The predicted octanol–water partition coefficient (Wildman–Crippen LogP) is 5.67. The van der Waals surface area contributed by atoms with Crippen molar-refractivity contribution in [2.45, 2.75) is 47.7 Å². The molecule has 234 valence electrons. The lowest BCUT2D eigenvalue weighted by atomic mass is 9.77. The molecule has 11 heteroatoms. The van der Waals surface area contributed by atoms with Crippen molar-refractivity contribution in [3.8, 4) is 5.75 Å². The first-order valence-electron chi connectivity index (χ1n) is 14.6. The third-order valence-corrected chi connectivity index (χ3v) is 12.6. The van der Waals surface area contributed by atoms with Gasteiger partial charge in [-0.3, -0.25) is 4.79 Å². The summed E-state index contributed by atoms with van der Waals surface area (Å²) in [7, 11) is -6.89. The molecular formula is C34H33FN2O6S2. The lowest BCUT2D eigenvalue weighted by molar-refractivity contribution is -0.132. The molecule has 0 amide bonds. The third-order valence-electron chi connectivity index (χ3n) is 8.81. The Balaban J connectivity index is 1.51. The van der Waals surface area contributed by atoms with Crippen LogP contribution in [0.4, 0.5) is 4.39 Å². The summed E-state index contributed by atoms with van der Waals surface area (Å²) in [6.45, 7) is 1.54. The van der Waals surface area contributed by atoms with Gasteiger partial charge in [0.1, 0.15) is 17.3 Å². The minimum atomic E-state index is -4.21. The molecule has 2 heterocycles. The average molecular weight is 649 g/mol. The minimum Gasteiger partial charge on any atom is -0.497 e. The van der Waals surface area contributed by atoms with E-state index in [-0.39, 0.29) is 40.5 Å². The van der Waals surface area contributed by atoms with Crippen LogP contribution in [0.2, 0.25) is 0 Å². The van der Waals surface area contributed by atoms with Gasteiger partial charge in [-0.15, -0.1) is 0 Å². The zero-order chi connectivity index (χ0) is 31.9. The van der Waals surface area contributed by atoms with Crippen LogP contribution in [-0.2, 0) is 24.8 Å². The van der Waals surface area contributed by atoms with E-state index >= 15 is 4.39 Å². The average Bonchev–Trinajstić information content (AvgIpc) is 3.05. The number of halogens is 1. The van der Waals surface area contributed by atoms with Crippen molar-refractivity contribution in [2.24, 2.45) is 5.92 Å². The van der Waals surface area contributed by atoms with E-state index in [4.69, 9.17) is 4.74 Å². The number of fused-ring (bicyclic) bond motifs is 1. The molecule has 2 fully saturated rings. The molecule has 0 aliphatic carbocycles. The van der Waals surface area contributed by atoms with Crippen LogP contribution in [0.15, 0.2) is 113 Å². The van der Waals surface area contributed by atoms with Crippen LogP contribution in [0, 0.1) is 18.7 Å². The highest BCUT2D eigenvalue weighted by molar-refractivity contribution is 7.89. The predicted molar refractivity (Wildman–Crippen MR) is 167 cm³/mol. The van der Waals surface area contributed by atoms with Gasteiger partial charge in [0, 0.05) is 30.5 Å². The molecule has 4 aromatic rings. The van der Waals surface area contributed by atoms with E-state index in [1.807, 2.05) is 6.92 Å². The third kappa shape index (κ3) is 5.69. The second kappa shape index (κ2) is 12.1. The monoisotopic (exact) mass is 648 g/mol. The molecular weight excluding hydrogens is 616 g/mol. The van der Waals surface area contributed by atoms with Crippen LogP contribution in [0.25, 0.3) is 0 Å². The number of ketones is 1. The van der Waals surface area contributed by atoms with Crippen LogP contribution in [0.5, 0.6) is 5.75 Å². The van der Waals surface area contributed by atoms with Crippen LogP contribution >= 0.6 is 0 Å². The number of piperidine rings is 2. The zero-order valence-corrected chi connectivity index (χ0v) is 26.4. The fourth-order valence-corrected chi connectivity index (χ4v) is 10.0. The molecule has 4 aromatic carbocycles. The van der Waals surface area contributed by atoms with Crippen molar-refractivity contribution in [2.75, 3.05) is 13.7 Å². The summed E-state index contributed by atoms with van der Waals surface area (Å²) >= 11 is 0. The highest BCUT2D eigenvalue weighted by Gasteiger charge is 2.54. The summed E-state index contributed by atoms with van der Waals surface area (Å²) in [5, 5.41) is 0. The molecule has 4 atom stereocenters. The van der Waals surface area contributed by atoms with Gasteiger partial charge < -0.3 is 4.74 Å². The van der Waals surface area contributed by atoms with Gasteiger partial charge in [-0.1, -0.05) is 66.2 Å². The quantitative estimate of drug-likeness (QED) is 0.256. The fraction of sp³-hybridized carbons (Fsp3) is 0.265. The van der Waals surface area contributed by atoms with Crippen molar-refractivity contribution in [1.29, 1.82) is 0 Å². The molecule has 0 bridgehead atoms. The topological polar surface area (TPSA) is 101 Å². The van der Waals surface area contributed by atoms with Crippen molar-refractivity contribution in [3.63, 3.8) is 0 Å². The molecule has 6 rings (SSSR count). The molecule has 2 aliphatic rings. The van der Waals surface area contributed by atoms with E-state index in [2.05, 4.69) is 0 Å². The van der Waals surface area contributed by atoms with Gasteiger partial charge in [0.2, 0.25) is 20.0 Å². The van der Waals surface area contributed by atoms with Crippen LogP contribution in [0.3, 0.4) is 0 Å². The lowest BCUT2D eigenvalue weighted by Gasteiger charge is -2.51. The van der Waals surface area contributed by atoms with Crippen molar-refractivity contribution in [3.05, 3.63) is 126 Å². The summed E-state index contributed by atoms with van der Waals surface area (Å²) in [6, 6.07) is 24.2. The fourth-order valence-electron chi connectivity index (χ4n) is 6.50. The molecule has 45 heavy (non-hydrogen) atoms. The van der Waals surface area contributed by atoms with Gasteiger partial charge in [-0.25, -0.2) is 21.2 Å². The molecule has 8 nitrogen and oxygen atoms in total. The Morgan fingerprint density at radius 1 is 0.756 bits per heavy atom. The number of benzene rings is 4. The summed E-state index contributed by atoms with van der Waals surface area (Å²) in [6.07, 6.45) is -0.274. The Hall–Kier alpha value is -3.90. The Labute approximate surface area is 263 Å². The molecule has 0 unspecified atom stereocenters. The van der Waals surface area contributed by atoms with E-state index in [0.717, 1.165) is 5.56 Å². The number of Topliss-reactive ketones (excluding diaryl/α,β-unsaturated/α-hetero) is 1. The van der Waals surface area contributed by atoms with Gasteiger partial charge in [-0.2, -0.15) is 8.61 Å². The number of nitrogens with zero attached hydrogens (tertiary/aromatic N) is 2. The Kier molecular flexibility index (Phi) is 8.38. The van der Waals surface area contributed by atoms with E-state index in [1.54, 1.807) is 60.7 Å². The van der Waals surface area contributed by atoms with Gasteiger partial charge in [-0.05, 0) is 61.4 Å². The highest BCUT2D eigenvalue weighted by Crippen LogP contribution is 2.48. The number of carbonyl (C=O) groups excluding carboxylic acids is 1. The second-order valence-electron chi connectivity index (χ2n) is 11.4. The lowest BCUT2D eigenvalue weighted by Crippen LogP contribution is -2.61. The maximum absolute atomic E-state index is 15.5. The first-order chi connectivity index (χ1) is 21.5. The maximum atomic E-state index is 15.5. The number of hydrogen-bond donors (Lipinski definition) is 0. The Bertz CT molecular complexity index is 1920. The first-order valence-corrected chi connectivity index (χ1v) is 17.5.